The zero-order chi connectivity index (χ0) is 33.9. The molecule has 7 atom stereocenters. The smallest absolute Gasteiger partial charge is 0.312 e. The van der Waals surface area contributed by atoms with Crippen LogP contribution in [0.15, 0.2) is 49.6 Å². The minimum absolute atomic E-state index is 0.0452. The van der Waals surface area contributed by atoms with Crippen molar-refractivity contribution in [3.8, 4) is 0 Å². The molecule has 3 aliphatic rings. The second kappa shape index (κ2) is 14.3. The van der Waals surface area contributed by atoms with Gasteiger partial charge in [0, 0.05) is 13.0 Å². The minimum Gasteiger partial charge on any atom is -0.460 e. The number of nitrogens with one attached hydrogen (secondary N) is 1. The number of esters is 1. The number of amides is 3. The van der Waals surface area contributed by atoms with E-state index >= 15 is 0 Å². The highest BCUT2D eigenvalue weighted by atomic mass is 16.6. The van der Waals surface area contributed by atoms with Crippen LogP contribution in [0.5, 0.6) is 0 Å². The van der Waals surface area contributed by atoms with Gasteiger partial charge in [-0.1, -0.05) is 43.3 Å². The van der Waals surface area contributed by atoms with Crippen LogP contribution in [-0.2, 0) is 35.3 Å². The molecule has 13 heteroatoms. The Morgan fingerprint density at radius 3 is 2.70 bits per heavy atom. The molecule has 2 N–H and O–H groups in total. The molecule has 2 bridgehead atoms. The first-order chi connectivity index (χ1) is 22.6. The number of likely N-dealkylation sites (tertiary alicyclic amines) is 1. The summed E-state index contributed by atoms with van der Waals surface area (Å²) in [5.41, 5.74) is 0.139. The molecular weight excluding hydrogens is 604 g/mol. The van der Waals surface area contributed by atoms with Gasteiger partial charge in [-0.25, -0.2) is 4.68 Å². The van der Waals surface area contributed by atoms with Crippen LogP contribution in [0, 0.1) is 17.8 Å². The number of hydrogen-bond donors (Lipinski definition) is 2. The topological polar surface area (TPSA) is 156 Å². The largest absolute Gasteiger partial charge is 0.460 e. The molecule has 1 spiro atoms. The molecule has 254 valence electrons. The first-order valence-corrected chi connectivity index (χ1v) is 16.4. The normalized spacial score (nSPS) is 25.9. The maximum Gasteiger partial charge on any atom is 0.312 e. The van der Waals surface area contributed by atoms with Gasteiger partial charge in [0.15, 0.2) is 0 Å². The number of rotatable bonds is 16. The fraction of sp³-hybridized carbons (Fsp3) is 0.588. The van der Waals surface area contributed by atoms with Gasteiger partial charge >= 0.3 is 5.97 Å². The van der Waals surface area contributed by atoms with E-state index in [1.54, 1.807) is 28.7 Å². The number of nitrogens with zero attached hydrogens (tertiary/aromatic N) is 5. The fourth-order valence-electron chi connectivity index (χ4n) is 7.48. The summed E-state index contributed by atoms with van der Waals surface area (Å²) >= 11 is 0. The maximum absolute atomic E-state index is 14.8. The summed E-state index contributed by atoms with van der Waals surface area (Å²) in [6.07, 6.45) is 4.14. The van der Waals surface area contributed by atoms with Crippen molar-refractivity contribution in [2.75, 3.05) is 19.7 Å². The Bertz CT molecular complexity index is 1510. The van der Waals surface area contributed by atoms with Gasteiger partial charge in [0.2, 0.25) is 17.7 Å². The van der Waals surface area contributed by atoms with Crippen molar-refractivity contribution in [1.29, 1.82) is 0 Å². The molecule has 2 aromatic rings. The van der Waals surface area contributed by atoms with Crippen molar-refractivity contribution in [3.05, 3.63) is 49.6 Å². The lowest BCUT2D eigenvalue weighted by Crippen LogP contribution is -2.59. The van der Waals surface area contributed by atoms with Gasteiger partial charge < -0.3 is 29.7 Å². The molecular formula is C34H46N6O7. The molecule has 0 saturated carbocycles. The number of ether oxygens (including phenoxy) is 2. The van der Waals surface area contributed by atoms with Gasteiger partial charge in [-0.15, -0.1) is 18.3 Å². The van der Waals surface area contributed by atoms with Crippen LogP contribution in [0.3, 0.4) is 0 Å². The quantitative estimate of drug-likeness (QED) is 0.205. The molecule has 3 amide bonds. The Hall–Kier alpha value is -4.10. The summed E-state index contributed by atoms with van der Waals surface area (Å²) < 4.78 is 14.0. The Morgan fingerprint density at radius 2 is 2.00 bits per heavy atom. The summed E-state index contributed by atoms with van der Waals surface area (Å²) in [7, 11) is 0. The van der Waals surface area contributed by atoms with Crippen molar-refractivity contribution in [3.63, 3.8) is 0 Å². The first kappa shape index (κ1) is 34.2. The van der Waals surface area contributed by atoms with E-state index in [1.807, 2.05) is 38.1 Å². The first-order valence-electron chi connectivity index (χ1n) is 16.4. The molecule has 1 aromatic carbocycles. The van der Waals surface area contributed by atoms with Crippen LogP contribution >= 0.6 is 0 Å². The van der Waals surface area contributed by atoms with Gasteiger partial charge in [-0.2, -0.15) is 0 Å². The lowest BCUT2D eigenvalue weighted by Gasteiger charge is -2.39. The zero-order valence-electron chi connectivity index (χ0n) is 27.4. The van der Waals surface area contributed by atoms with Crippen molar-refractivity contribution < 1.29 is 33.8 Å². The summed E-state index contributed by atoms with van der Waals surface area (Å²) in [5.74, 6) is -3.34. The number of fused-ring (bicyclic) bond motifs is 2. The molecule has 5 rings (SSSR count). The van der Waals surface area contributed by atoms with E-state index in [0.717, 1.165) is 5.52 Å². The molecule has 0 radical (unpaired) electrons. The van der Waals surface area contributed by atoms with Gasteiger partial charge in [0.25, 0.3) is 0 Å². The van der Waals surface area contributed by atoms with Crippen molar-refractivity contribution in [2.45, 2.75) is 89.4 Å². The van der Waals surface area contributed by atoms with Crippen LogP contribution in [0.1, 0.15) is 52.9 Å². The number of aliphatic hydroxyl groups is 1. The van der Waals surface area contributed by atoms with Crippen LogP contribution < -0.4 is 5.32 Å². The lowest BCUT2D eigenvalue weighted by atomic mass is 9.70. The van der Waals surface area contributed by atoms with E-state index in [4.69, 9.17) is 9.47 Å². The van der Waals surface area contributed by atoms with Crippen molar-refractivity contribution in [2.24, 2.45) is 17.8 Å². The standard InChI is InChI=1S/C34H46N6O7/c1-6-8-13-27(42)35-18-22(5)46-33(45)28-26-14-15-34(47-26)29(28)31(43)40(23(19-41)17-21(3)4)30(34)32(44)38(16-7-2)20-39-25-12-10-9-11-24(25)36-37-39/h6-7,9-12,21-23,26,28-30,41H,1-2,8,13-20H2,3-5H3,(H,35,42)/t22-,23+,26+,28-,29-,30+,34-/m0/s1. The van der Waals surface area contributed by atoms with Crippen molar-refractivity contribution in [1.82, 2.24) is 30.1 Å². The number of allylic oxidation sites excluding steroid dienone is 1. The number of carbonyl (C=O) groups is 4. The van der Waals surface area contributed by atoms with Crippen LogP contribution in [-0.4, -0.2) is 103 Å². The Morgan fingerprint density at radius 1 is 1.23 bits per heavy atom. The van der Waals surface area contributed by atoms with Gasteiger partial charge in [-0.3, -0.25) is 19.2 Å². The second-order valence-electron chi connectivity index (χ2n) is 13.2. The number of aromatic nitrogens is 3. The fourth-order valence-corrected chi connectivity index (χ4v) is 7.48. The third-order valence-corrected chi connectivity index (χ3v) is 9.46. The highest BCUT2D eigenvalue weighted by Crippen LogP contribution is 2.59. The minimum atomic E-state index is -1.28. The Kier molecular flexibility index (Phi) is 10.5. The molecule has 1 aromatic heterocycles. The van der Waals surface area contributed by atoms with E-state index in [2.05, 4.69) is 28.8 Å². The number of benzene rings is 1. The molecule has 47 heavy (non-hydrogen) atoms. The average Bonchev–Trinajstić information content (AvgIpc) is 3.80. The molecule has 13 nitrogen and oxygen atoms in total. The van der Waals surface area contributed by atoms with Gasteiger partial charge in [0.05, 0.1) is 42.6 Å². The molecule has 0 aliphatic carbocycles. The summed E-state index contributed by atoms with van der Waals surface area (Å²) in [4.78, 5) is 58.1. The van der Waals surface area contributed by atoms with E-state index < -0.39 is 53.6 Å². The zero-order valence-corrected chi connectivity index (χ0v) is 27.4. The molecule has 3 fully saturated rings. The monoisotopic (exact) mass is 650 g/mol. The average molecular weight is 651 g/mol. The van der Waals surface area contributed by atoms with Crippen molar-refractivity contribution >= 4 is 34.7 Å². The van der Waals surface area contributed by atoms with Crippen LogP contribution in [0.4, 0.5) is 0 Å². The summed E-state index contributed by atoms with van der Waals surface area (Å²) in [6, 6.07) is 5.66. The van der Waals surface area contributed by atoms with E-state index in [9.17, 15) is 24.3 Å². The van der Waals surface area contributed by atoms with E-state index in [-0.39, 0.29) is 50.5 Å². The third-order valence-electron chi connectivity index (χ3n) is 9.46. The highest BCUT2D eigenvalue weighted by Gasteiger charge is 2.75. The molecule has 0 unspecified atom stereocenters. The van der Waals surface area contributed by atoms with Gasteiger partial charge in [0.1, 0.15) is 29.9 Å². The van der Waals surface area contributed by atoms with E-state index in [0.29, 0.717) is 31.2 Å². The predicted octanol–water partition coefficient (Wildman–Crippen LogP) is 2.20. The predicted molar refractivity (Wildman–Crippen MR) is 172 cm³/mol. The number of hydrogen-bond acceptors (Lipinski definition) is 9. The third kappa shape index (κ3) is 6.55. The Labute approximate surface area is 274 Å². The van der Waals surface area contributed by atoms with Gasteiger partial charge in [-0.05, 0) is 50.7 Å². The van der Waals surface area contributed by atoms with E-state index in [1.165, 1.54) is 4.90 Å². The van der Waals surface area contributed by atoms with Crippen LogP contribution in [0.2, 0.25) is 0 Å². The summed E-state index contributed by atoms with van der Waals surface area (Å²) in [6.45, 7) is 13.1. The molecule has 4 heterocycles. The number of aliphatic hydroxyl groups excluding tert-OH is 1. The number of para-hydroxylation sites is 1. The van der Waals surface area contributed by atoms with Crippen LogP contribution in [0.25, 0.3) is 11.0 Å². The SMILES string of the molecule is C=CCCC(=O)NC[C@H](C)OC(=O)[C@@H]1[C@H]2C(=O)N([C@@H](CO)CC(C)C)[C@H](C(=O)N(CC=C)Cn3nnc4ccccc43)[C@]23CC[C@H]1O3. The lowest BCUT2D eigenvalue weighted by molar-refractivity contribution is -0.160. The Balaban J connectivity index is 1.44. The molecule has 3 saturated heterocycles. The maximum atomic E-state index is 14.8. The number of carbonyl (C=O) groups excluding carboxylic acids is 4. The molecule has 3 aliphatic heterocycles. The summed E-state index contributed by atoms with van der Waals surface area (Å²) in [5, 5.41) is 21.8. The highest BCUT2D eigenvalue weighted by molar-refractivity contribution is 5.98. The second-order valence-corrected chi connectivity index (χ2v) is 13.2.